The quantitative estimate of drug-likeness (QED) is 0.523. The Labute approximate surface area is 180 Å². The molecule has 4 nitrogen and oxygen atoms in total. The average Bonchev–Trinajstić information content (AvgIpc) is 2.92. The molecule has 30 heavy (non-hydrogen) atoms. The summed E-state index contributed by atoms with van der Waals surface area (Å²) in [5.41, 5.74) is 1.36. The van der Waals surface area contributed by atoms with Gasteiger partial charge in [0, 0.05) is 5.69 Å². The summed E-state index contributed by atoms with van der Waals surface area (Å²) in [7, 11) is 0. The van der Waals surface area contributed by atoms with Crippen molar-refractivity contribution in [3.8, 4) is 5.75 Å². The molecule has 0 aliphatic carbocycles. The minimum Gasteiger partial charge on any atom is -0.489 e. The van der Waals surface area contributed by atoms with Crippen molar-refractivity contribution in [2.24, 2.45) is 0 Å². The Morgan fingerprint density at radius 2 is 1.63 bits per heavy atom. The monoisotopic (exact) mass is 420 g/mol. The minimum atomic E-state index is -0.907. The molecule has 0 aromatic heterocycles. The highest BCUT2D eigenvalue weighted by molar-refractivity contribution is 7.81. The third kappa shape index (κ3) is 3.66. The Hall–Kier alpha value is -3.25. The molecule has 0 saturated carbocycles. The number of anilines is 2. The number of halogens is 1. The maximum atomic E-state index is 13.7. The lowest BCUT2D eigenvalue weighted by Gasteiger charge is -2.29. The van der Waals surface area contributed by atoms with Crippen molar-refractivity contribution in [2.45, 2.75) is 26.0 Å². The second-order valence-corrected chi connectivity index (χ2v) is 7.93. The molecule has 1 aliphatic rings. The molecule has 1 heterocycles. The minimum absolute atomic E-state index is 0.206. The predicted molar refractivity (Wildman–Crippen MR) is 120 cm³/mol. The number of thiocarbonyl (C=S) groups is 1. The first-order chi connectivity index (χ1) is 14.4. The third-order valence-corrected chi connectivity index (χ3v) is 5.44. The van der Waals surface area contributed by atoms with Gasteiger partial charge in [-0.1, -0.05) is 36.4 Å². The van der Waals surface area contributed by atoms with E-state index < -0.39 is 11.4 Å². The average molecular weight is 421 g/mol. The molecule has 1 fully saturated rings. The zero-order chi connectivity index (χ0) is 21.3. The van der Waals surface area contributed by atoms with Gasteiger partial charge in [0.1, 0.15) is 23.7 Å². The fourth-order valence-electron chi connectivity index (χ4n) is 3.50. The van der Waals surface area contributed by atoms with E-state index in [-0.39, 0.29) is 5.91 Å². The summed E-state index contributed by atoms with van der Waals surface area (Å²) in [5, 5.41) is 0.313. The van der Waals surface area contributed by atoms with Crippen LogP contribution in [0.5, 0.6) is 5.75 Å². The molecule has 1 aliphatic heterocycles. The van der Waals surface area contributed by atoms with Crippen molar-refractivity contribution in [1.82, 2.24) is 0 Å². The molecule has 0 bridgehead atoms. The molecule has 0 radical (unpaired) electrons. The van der Waals surface area contributed by atoms with Crippen molar-refractivity contribution in [2.75, 3.05) is 9.80 Å². The van der Waals surface area contributed by atoms with E-state index in [9.17, 15) is 9.18 Å². The summed E-state index contributed by atoms with van der Waals surface area (Å²) in [4.78, 5) is 16.3. The fraction of sp³-hybridized carbons (Fsp3) is 0.167. The zero-order valence-electron chi connectivity index (χ0n) is 16.7. The van der Waals surface area contributed by atoms with Gasteiger partial charge in [0.2, 0.25) is 0 Å². The van der Waals surface area contributed by atoms with Gasteiger partial charge in [-0.3, -0.25) is 9.69 Å². The first-order valence-corrected chi connectivity index (χ1v) is 10.00. The highest BCUT2D eigenvalue weighted by Crippen LogP contribution is 2.37. The van der Waals surface area contributed by atoms with Gasteiger partial charge in [-0.05, 0) is 74.1 Å². The van der Waals surface area contributed by atoms with E-state index in [4.69, 9.17) is 17.0 Å². The van der Waals surface area contributed by atoms with Crippen molar-refractivity contribution in [3.63, 3.8) is 0 Å². The highest BCUT2D eigenvalue weighted by Gasteiger charge is 2.50. The van der Waals surface area contributed by atoms with Crippen molar-refractivity contribution in [3.05, 3.63) is 90.2 Å². The van der Waals surface area contributed by atoms with Gasteiger partial charge in [-0.25, -0.2) is 4.39 Å². The van der Waals surface area contributed by atoms with Crippen LogP contribution in [0, 0.1) is 5.82 Å². The Morgan fingerprint density at radius 3 is 2.30 bits per heavy atom. The lowest BCUT2D eigenvalue weighted by atomic mass is 10.0. The smallest absolute Gasteiger partial charge is 0.259 e. The molecule has 3 aromatic carbocycles. The summed E-state index contributed by atoms with van der Waals surface area (Å²) >= 11 is 5.62. The molecule has 0 atom stereocenters. The van der Waals surface area contributed by atoms with Crippen LogP contribution >= 0.6 is 12.2 Å². The van der Waals surface area contributed by atoms with E-state index in [2.05, 4.69) is 0 Å². The Balaban J connectivity index is 1.56. The first-order valence-electron chi connectivity index (χ1n) is 9.59. The number of carbonyl (C=O) groups excluding carboxylic acids is 1. The SMILES string of the molecule is CC1(C)C(=O)N(c2cccc(F)c2)C(=S)N1c1ccc(OCc2ccccc2)cc1. The molecule has 152 valence electrons. The molecule has 0 unspecified atom stereocenters. The van der Waals surface area contributed by atoms with Crippen LogP contribution in [0.3, 0.4) is 0 Å². The molecule has 0 N–H and O–H groups in total. The summed E-state index contributed by atoms with van der Waals surface area (Å²) in [6.45, 7) is 4.08. The van der Waals surface area contributed by atoms with Crippen molar-refractivity contribution >= 4 is 34.6 Å². The number of rotatable bonds is 5. The molecule has 1 amide bonds. The van der Waals surface area contributed by atoms with Crippen LogP contribution in [0.15, 0.2) is 78.9 Å². The molecule has 3 aromatic rings. The van der Waals surface area contributed by atoms with Gasteiger partial charge >= 0.3 is 0 Å². The number of amides is 1. The van der Waals surface area contributed by atoms with Crippen LogP contribution in [-0.4, -0.2) is 16.6 Å². The summed E-state index contributed by atoms with van der Waals surface area (Å²) in [6.07, 6.45) is 0. The number of hydrogen-bond donors (Lipinski definition) is 0. The molecule has 6 heteroatoms. The van der Waals surface area contributed by atoms with Crippen LogP contribution in [0.25, 0.3) is 0 Å². The number of benzene rings is 3. The van der Waals surface area contributed by atoms with Gasteiger partial charge < -0.3 is 9.64 Å². The van der Waals surface area contributed by atoms with E-state index in [1.807, 2.05) is 54.6 Å². The zero-order valence-corrected chi connectivity index (χ0v) is 17.5. The molecule has 4 rings (SSSR count). The van der Waals surface area contributed by atoms with Gasteiger partial charge in [0.15, 0.2) is 5.11 Å². The Morgan fingerprint density at radius 1 is 0.933 bits per heavy atom. The maximum Gasteiger partial charge on any atom is 0.259 e. The lowest BCUT2D eigenvalue weighted by molar-refractivity contribution is -0.120. The van der Waals surface area contributed by atoms with Crippen molar-refractivity contribution in [1.29, 1.82) is 0 Å². The predicted octanol–water partition coefficient (Wildman–Crippen LogP) is 5.32. The number of carbonyl (C=O) groups is 1. The first kappa shape index (κ1) is 20.0. The van der Waals surface area contributed by atoms with Crippen LogP contribution in [-0.2, 0) is 11.4 Å². The molecular weight excluding hydrogens is 399 g/mol. The van der Waals surface area contributed by atoms with E-state index in [1.54, 1.807) is 30.9 Å². The Kier molecular flexibility index (Phi) is 5.26. The van der Waals surface area contributed by atoms with Crippen molar-refractivity contribution < 1.29 is 13.9 Å². The number of nitrogens with zero attached hydrogens (tertiary/aromatic N) is 2. The molecule has 0 spiro atoms. The standard InChI is InChI=1S/C24H21FN2O2S/c1-24(2)22(28)26(20-10-6-9-18(25)15-20)23(30)27(24)19-11-13-21(14-12-19)29-16-17-7-4-3-5-8-17/h3-15H,16H2,1-2H3. The van der Waals surface area contributed by atoms with E-state index >= 15 is 0 Å². The maximum absolute atomic E-state index is 13.7. The van der Waals surface area contributed by atoms with Crippen LogP contribution in [0.2, 0.25) is 0 Å². The fourth-order valence-corrected chi connectivity index (χ4v) is 4.03. The Bertz CT molecular complexity index is 1080. The second kappa shape index (κ2) is 7.88. The van der Waals surface area contributed by atoms with Gasteiger partial charge in [0.25, 0.3) is 5.91 Å². The second-order valence-electron chi connectivity index (χ2n) is 7.57. The summed E-state index contributed by atoms with van der Waals surface area (Å²) in [5.74, 6) is 0.0978. The number of hydrogen-bond acceptors (Lipinski definition) is 3. The highest BCUT2D eigenvalue weighted by atomic mass is 32.1. The van der Waals surface area contributed by atoms with Gasteiger partial charge in [0.05, 0.1) is 5.69 Å². The third-order valence-electron chi connectivity index (χ3n) is 5.08. The van der Waals surface area contributed by atoms with Gasteiger partial charge in [-0.15, -0.1) is 0 Å². The van der Waals surface area contributed by atoms with Gasteiger partial charge in [-0.2, -0.15) is 0 Å². The number of ether oxygens (including phenoxy) is 1. The van der Waals surface area contributed by atoms with Crippen LogP contribution in [0.1, 0.15) is 19.4 Å². The topological polar surface area (TPSA) is 32.8 Å². The van der Waals surface area contributed by atoms with E-state index in [0.717, 1.165) is 17.0 Å². The van der Waals surface area contributed by atoms with E-state index in [0.29, 0.717) is 17.4 Å². The molecular formula is C24H21FN2O2S. The van der Waals surface area contributed by atoms with Crippen LogP contribution < -0.4 is 14.5 Å². The van der Waals surface area contributed by atoms with E-state index in [1.165, 1.54) is 17.0 Å². The lowest BCUT2D eigenvalue weighted by Crippen LogP contribution is -2.44. The largest absolute Gasteiger partial charge is 0.489 e. The van der Waals surface area contributed by atoms with Crippen LogP contribution in [0.4, 0.5) is 15.8 Å². The normalized spacial score (nSPS) is 15.6. The summed E-state index contributed by atoms with van der Waals surface area (Å²) in [6, 6.07) is 23.3. The molecule has 1 saturated heterocycles. The summed E-state index contributed by atoms with van der Waals surface area (Å²) < 4.78 is 19.6.